The summed E-state index contributed by atoms with van der Waals surface area (Å²) in [6, 6.07) is 182. The van der Waals surface area contributed by atoms with Crippen molar-refractivity contribution in [2.75, 3.05) is 14.7 Å². The lowest BCUT2D eigenvalue weighted by atomic mass is 9.97. The minimum Gasteiger partial charge on any atom is -0.456 e. The van der Waals surface area contributed by atoms with Crippen LogP contribution in [-0.2, 0) is 0 Å². The number of hydrogen-bond donors (Lipinski definition) is 0. The first-order valence-corrected chi connectivity index (χ1v) is 44.1. The van der Waals surface area contributed by atoms with Gasteiger partial charge in [-0.2, -0.15) is 0 Å². The lowest BCUT2D eigenvalue weighted by Crippen LogP contribution is -2.10. The number of para-hydroxylation sites is 6. The summed E-state index contributed by atoms with van der Waals surface area (Å²) in [5.41, 5.74) is 34.6. The maximum absolute atomic E-state index is 6.20. The average Bonchev–Trinajstić information content (AvgIpc) is 1.51. The van der Waals surface area contributed by atoms with Gasteiger partial charge < -0.3 is 28.0 Å². The van der Waals surface area contributed by atoms with Gasteiger partial charge in [-0.15, -0.1) is 0 Å². The van der Waals surface area contributed by atoms with Crippen LogP contribution in [0.5, 0.6) is 0 Å². The average molecular weight is 1670 g/mol. The molecule has 24 rings (SSSR count). The summed E-state index contributed by atoms with van der Waals surface area (Å²) in [5, 5.41) is 9.43. The van der Waals surface area contributed by atoms with Gasteiger partial charge in [0.15, 0.2) is 0 Å². The summed E-state index contributed by atoms with van der Waals surface area (Å²) < 4.78 is 18.4. The molecule has 0 bridgehead atoms. The van der Waals surface area contributed by atoms with Crippen LogP contribution in [0.2, 0.25) is 0 Å². The Balaban J connectivity index is 0.000000115. The van der Waals surface area contributed by atoms with Crippen LogP contribution >= 0.6 is 0 Å². The molecule has 0 spiro atoms. The van der Waals surface area contributed by atoms with Crippen LogP contribution in [0.15, 0.2) is 529 Å². The van der Waals surface area contributed by atoms with Crippen LogP contribution in [-0.4, -0.2) is 0 Å². The highest BCUT2D eigenvalue weighted by atomic mass is 16.3. The van der Waals surface area contributed by atoms with Crippen molar-refractivity contribution in [2.45, 2.75) is 0 Å². The van der Waals surface area contributed by atoms with E-state index < -0.39 is 0 Å². The number of hydrogen-bond acceptors (Lipinski definition) is 6. The fourth-order valence-electron chi connectivity index (χ4n) is 18.4. The number of benzene rings is 21. The first kappa shape index (κ1) is 78.6. The van der Waals surface area contributed by atoms with E-state index in [4.69, 9.17) is 13.3 Å². The monoisotopic (exact) mass is 1660 g/mol. The van der Waals surface area contributed by atoms with Crippen LogP contribution in [0.3, 0.4) is 0 Å². The molecule has 6 nitrogen and oxygen atoms in total. The van der Waals surface area contributed by atoms with Gasteiger partial charge in [0.2, 0.25) is 0 Å². The molecule has 130 heavy (non-hydrogen) atoms. The van der Waals surface area contributed by atoms with Crippen molar-refractivity contribution < 1.29 is 13.3 Å². The zero-order valence-corrected chi connectivity index (χ0v) is 71.1. The second-order valence-corrected chi connectivity index (χ2v) is 32.5. The van der Waals surface area contributed by atoms with Gasteiger partial charge in [-0.1, -0.05) is 370 Å². The molecule has 614 valence electrons. The smallest absolute Gasteiger partial charge is 0.136 e. The molecule has 21 aromatic carbocycles. The van der Waals surface area contributed by atoms with Crippen LogP contribution in [0.25, 0.3) is 166 Å². The standard InChI is InChI=1S/C46H31NO.C42H29NO.C36H25NO/c1-2-11-32(12-3-1)36-15-8-16-39(31-36)47(37-27-23-34(24-28-37)41-19-9-14-33-13-4-5-17-40(33)41)38-29-25-35(26-30-38)42-20-10-22-45-46(42)43-18-6-7-21-44(43)48-45;1-3-10-30(11-4-1)32-22-26-36(27-23-32)43(35-12-5-2-6-13-35)37-28-24-33(25-29-37)31-18-20-34(21-19-31)38-15-9-17-41-42(38)39-14-7-8-16-40(39)44-41;1-3-10-29(11-4-1)37(30-12-5-2-6-13-30)31-24-22-27(23-25-31)26-18-20-28(21-19-26)32-15-9-17-35-36(32)33-14-7-8-16-34(33)38-35/h1-31H;1-29H;1-25H. The molecule has 0 aliphatic heterocycles. The van der Waals surface area contributed by atoms with E-state index in [0.29, 0.717) is 0 Å². The van der Waals surface area contributed by atoms with Crippen molar-refractivity contribution in [2.24, 2.45) is 0 Å². The Bertz CT molecular complexity index is 8040. The van der Waals surface area contributed by atoms with Crippen molar-refractivity contribution in [3.63, 3.8) is 0 Å². The Morgan fingerprint density at radius 2 is 0.331 bits per heavy atom. The summed E-state index contributed by atoms with van der Waals surface area (Å²) in [7, 11) is 0. The Hall–Kier alpha value is -17.3. The SMILES string of the molecule is c1ccc(-c2ccc(N(c3ccccc3)c3ccc(-c4ccc(-c5cccc6oc7ccccc7c56)cc4)cc3)cc2)cc1.c1ccc(-c2cccc(N(c3ccc(-c4cccc5ccccc45)cc3)c3ccc(-c4cccc5oc6ccccc6c45)cc3)c2)cc1.c1ccc(N(c2ccccc2)c2ccc(-c3ccc(-c4cccc5oc6ccccc6c45)cc3)cc2)cc1. The third-order valence-electron chi connectivity index (χ3n) is 24.7. The molecule has 0 aliphatic carbocycles. The van der Waals surface area contributed by atoms with Crippen molar-refractivity contribution in [3.05, 3.63) is 516 Å². The topological polar surface area (TPSA) is 49.1 Å². The fourth-order valence-corrected chi connectivity index (χ4v) is 18.4. The number of furan rings is 3. The fraction of sp³-hybridized carbons (Fsp3) is 0. The summed E-state index contributed by atoms with van der Waals surface area (Å²) >= 11 is 0. The van der Waals surface area contributed by atoms with Crippen molar-refractivity contribution >= 4 is 128 Å². The number of rotatable bonds is 17. The second kappa shape index (κ2) is 35.4. The van der Waals surface area contributed by atoms with Crippen LogP contribution in [0.4, 0.5) is 51.2 Å². The van der Waals surface area contributed by atoms with Gasteiger partial charge in [0, 0.05) is 83.5 Å². The van der Waals surface area contributed by atoms with E-state index in [9.17, 15) is 0 Å². The Morgan fingerprint density at radius 3 is 0.692 bits per heavy atom. The lowest BCUT2D eigenvalue weighted by Gasteiger charge is -2.26. The third-order valence-corrected chi connectivity index (χ3v) is 24.7. The highest BCUT2D eigenvalue weighted by Crippen LogP contribution is 2.46. The predicted molar refractivity (Wildman–Crippen MR) is 546 cm³/mol. The molecule has 0 fully saturated rings. The minimum atomic E-state index is 0.906. The van der Waals surface area contributed by atoms with E-state index >= 15 is 0 Å². The number of anilines is 9. The molecule has 3 aromatic heterocycles. The highest BCUT2D eigenvalue weighted by Gasteiger charge is 2.22. The molecule has 0 atom stereocenters. The lowest BCUT2D eigenvalue weighted by molar-refractivity contribution is 0.668. The molecule has 0 saturated heterocycles. The highest BCUT2D eigenvalue weighted by molar-refractivity contribution is 6.15. The molecule has 0 N–H and O–H groups in total. The molecule has 0 radical (unpaired) electrons. The van der Waals surface area contributed by atoms with E-state index in [-0.39, 0.29) is 0 Å². The van der Waals surface area contributed by atoms with Crippen LogP contribution < -0.4 is 14.7 Å². The zero-order chi connectivity index (χ0) is 86.5. The van der Waals surface area contributed by atoms with Gasteiger partial charge in [0.05, 0.1) is 0 Å². The van der Waals surface area contributed by atoms with Gasteiger partial charge in [0.25, 0.3) is 0 Å². The van der Waals surface area contributed by atoms with Crippen LogP contribution in [0.1, 0.15) is 0 Å². The first-order chi connectivity index (χ1) is 64.5. The molecule has 0 amide bonds. The van der Waals surface area contributed by atoms with Crippen LogP contribution in [0, 0.1) is 0 Å². The summed E-state index contributed by atoms with van der Waals surface area (Å²) in [6.45, 7) is 0. The molecule has 0 unspecified atom stereocenters. The quantitative estimate of drug-likeness (QED) is 0.0905. The van der Waals surface area contributed by atoms with Gasteiger partial charge in [0.1, 0.15) is 33.5 Å². The largest absolute Gasteiger partial charge is 0.456 e. The van der Waals surface area contributed by atoms with Gasteiger partial charge >= 0.3 is 0 Å². The van der Waals surface area contributed by atoms with E-state index in [2.05, 4.69) is 482 Å². The van der Waals surface area contributed by atoms with E-state index in [1.54, 1.807) is 0 Å². The molecule has 24 aromatic rings. The zero-order valence-electron chi connectivity index (χ0n) is 71.1. The van der Waals surface area contributed by atoms with Crippen molar-refractivity contribution in [1.29, 1.82) is 0 Å². The van der Waals surface area contributed by atoms with Crippen molar-refractivity contribution in [3.8, 4) is 89.0 Å². The third kappa shape index (κ3) is 15.8. The molecule has 0 saturated carbocycles. The number of fused-ring (bicyclic) bond motifs is 10. The maximum Gasteiger partial charge on any atom is 0.136 e. The van der Waals surface area contributed by atoms with E-state index in [0.717, 1.165) is 117 Å². The molecular formula is C124H85N3O3. The summed E-state index contributed by atoms with van der Waals surface area (Å²) in [5.74, 6) is 0. The summed E-state index contributed by atoms with van der Waals surface area (Å²) in [6.07, 6.45) is 0. The molecule has 0 aliphatic rings. The Morgan fingerprint density at radius 1 is 0.123 bits per heavy atom. The van der Waals surface area contributed by atoms with Gasteiger partial charge in [-0.3, -0.25) is 0 Å². The Kier molecular flexibility index (Phi) is 21.4. The molecular weight excluding hydrogens is 1580 g/mol. The maximum atomic E-state index is 6.20. The minimum absolute atomic E-state index is 0.906. The summed E-state index contributed by atoms with van der Waals surface area (Å²) in [4.78, 5) is 6.93. The van der Waals surface area contributed by atoms with E-state index in [1.165, 1.54) is 99.6 Å². The Labute approximate surface area is 755 Å². The molecule has 3 heterocycles. The number of nitrogens with zero attached hydrogens (tertiary/aromatic N) is 3. The first-order valence-electron chi connectivity index (χ1n) is 44.1. The van der Waals surface area contributed by atoms with E-state index in [1.807, 2.05) is 48.5 Å². The van der Waals surface area contributed by atoms with Gasteiger partial charge in [-0.25, -0.2) is 0 Å². The predicted octanol–water partition coefficient (Wildman–Crippen LogP) is 35.7. The van der Waals surface area contributed by atoms with Gasteiger partial charge in [-0.05, 0) is 245 Å². The van der Waals surface area contributed by atoms with Crippen molar-refractivity contribution in [1.82, 2.24) is 0 Å². The molecule has 6 heteroatoms. The normalized spacial score (nSPS) is 11.2. The second-order valence-electron chi connectivity index (χ2n) is 32.5.